The van der Waals surface area contributed by atoms with Crippen LogP contribution in [0.5, 0.6) is 0 Å². The van der Waals surface area contributed by atoms with Crippen molar-refractivity contribution in [3.63, 3.8) is 0 Å². The maximum absolute atomic E-state index is 10.7. The summed E-state index contributed by atoms with van der Waals surface area (Å²) in [6.07, 6.45) is 0.208. The van der Waals surface area contributed by atoms with E-state index in [0.29, 0.717) is 13.2 Å². The van der Waals surface area contributed by atoms with E-state index in [4.69, 9.17) is 5.11 Å². The van der Waals surface area contributed by atoms with Crippen molar-refractivity contribution in [3.05, 3.63) is 0 Å². The Morgan fingerprint density at radius 2 is 1.21 bits per heavy atom. The van der Waals surface area contributed by atoms with Gasteiger partial charge in [0.1, 0.15) is 0 Å². The molecule has 5 heteroatoms. The number of rotatable bonds is 5. The molecule has 0 saturated heterocycles. The Kier molecular flexibility index (Phi) is 13.1. The summed E-state index contributed by atoms with van der Waals surface area (Å²) in [5.41, 5.74) is 0. The van der Waals surface area contributed by atoms with Crippen molar-refractivity contribution in [2.24, 2.45) is 0 Å². The molecule has 0 aliphatic heterocycles. The lowest BCUT2D eigenvalue weighted by molar-refractivity contribution is -0.149. The quantitative estimate of drug-likeness (QED) is 0.663. The third-order valence-electron chi connectivity index (χ3n) is 1.14. The second-order valence-corrected chi connectivity index (χ2v) is 2.11. The molecule has 0 aromatic heterocycles. The Labute approximate surface area is 84.0 Å². The molecule has 0 bridgehead atoms. The topological polar surface area (TPSA) is 72.8 Å². The Bertz CT molecular complexity index is 137. The van der Waals surface area contributed by atoms with Gasteiger partial charge in [-0.05, 0) is 13.8 Å². The van der Waals surface area contributed by atoms with Crippen LogP contribution in [-0.4, -0.2) is 37.4 Å². The zero-order chi connectivity index (χ0) is 11.4. The van der Waals surface area contributed by atoms with Crippen LogP contribution in [0.2, 0.25) is 0 Å². The minimum Gasteiger partial charge on any atom is -0.466 e. The standard InChI is InChI=1S/C8H14O4.CH4O/c1-3-11-7(9)5-6-8(10)12-4-2;1-2/h3-6H2,1-2H3;2H,1H3. The van der Waals surface area contributed by atoms with Crippen LogP contribution in [0.1, 0.15) is 26.7 Å². The molecular formula is C9H18O5. The van der Waals surface area contributed by atoms with Gasteiger partial charge in [0.2, 0.25) is 0 Å². The van der Waals surface area contributed by atoms with E-state index in [1.165, 1.54) is 0 Å². The molecule has 84 valence electrons. The molecule has 0 radical (unpaired) electrons. The molecule has 0 aliphatic rings. The van der Waals surface area contributed by atoms with Crippen LogP contribution in [0.4, 0.5) is 0 Å². The van der Waals surface area contributed by atoms with Crippen molar-refractivity contribution in [2.75, 3.05) is 20.3 Å². The van der Waals surface area contributed by atoms with Gasteiger partial charge in [-0.3, -0.25) is 9.59 Å². The van der Waals surface area contributed by atoms with Crippen molar-refractivity contribution in [3.8, 4) is 0 Å². The van der Waals surface area contributed by atoms with Gasteiger partial charge in [0.05, 0.1) is 26.1 Å². The summed E-state index contributed by atoms with van der Waals surface area (Å²) in [7, 11) is 1.00. The SMILES string of the molecule is CCOC(=O)CCC(=O)OCC.CO. The monoisotopic (exact) mass is 206 g/mol. The lowest BCUT2D eigenvalue weighted by atomic mass is 10.3. The number of carbonyl (C=O) groups is 2. The van der Waals surface area contributed by atoms with Crippen molar-refractivity contribution >= 4 is 11.9 Å². The fraction of sp³-hybridized carbons (Fsp3) is 0.778. The van der Waals surface area contributed by atoms with E-state index >= 15 is 0 Å². The van der Waals surface area contributed by atoms with E-state index in [-0.39, 0.29) is 24.8 Å². The Morgan fingerprint density at radius 3 is 1.43 bits per heavy atom. The number of aliphatic hydroxyl groups excluding tert-OH is 1. The first kappa shape index (κ1) is 15.4. The van der Waals surface area contributed by atoms with Gasteiger partial charge in [-0.1, -0.05) is 0 Å². The summed E-state index contributed by atoms with van der Waals surface area (Å²) in [5, 5.41) is 7.00. The fourth-order valence-corrected chi connectivity index (χ4v) is 0.670. The van der Waals surface area contributed by atoms with Gasteiger partial charge in [0.15, 0.2) is 0 Å². The predicted molar refractivity (Wildman–Crippen MR) is 50.6 cm³/mol. The second kappa shape index (κ2) is 11.9. The zero-order valence-corrected chi connectivity index (χ0v) is 8.91. The highest BCUT2D eigenvalue weighted by Gasteiger charge is 2.06. The van der Waals surface area contributed by atoms with Crippen LogP contribution in [-0.2, 0) is 19.1 Å². The highest BCUT2D eigenvalue weighted by Crippen LogP contribution is 1.95. The first-order valence-corrected chi connectivity index (χ1v) is 4.46. The number of esters is 2. The summed E-state index contributed by atoms with van der Waals surface area (Å²) in [6, 6.07) is 0. The van der Waals surface area contributed by atoms with E-state index in [0.717, 1.165) is 7.11 Å². The Balaban J connectivity index is 0. The molecule has 0 aromatic rings. The minimum absolute atomic E-state index is 0.104. The number of carbonyl (C=O) groups excluding carboxylic acids is 2. The van der Waals surface area contributed by atoms with Crippen LogP contribution in [0.15, 0.2) is 0 Å². The lowest BCUT2D eigenvalue weighted by Crippen LogP contribution is -2.09. The van der Waals surface area contributed by atoms with Gasteiger partial charge in [0.25, 0.3) is 0 Å². The van der Waals surface area contributed by atoms with E-state index in [1.807, 2.05) is 0 Å². The average molecular weight is 206 g/mol. The molecule has 0 rings (SSSR count). The summed E-state index contributed by atoms with van der Waals surface area (Å²) in [4.78, 5) is 21.4. The second-order valence-electron chi connectivity index (χ2n) is 2.11. The van der Waals surface area contributed by atoms with Crippen LogP contribution >= 0.6 is 0 Å². The van der Waals surface area contributed by atoms with E-state index in [9.17, 15) is 9.59 Å². The minimum atomic E-state index is -0.356. The first-order chi connectivity index (χ1) is 6.70. The van der Waals surface area contributed by atoms with Crippen molar-refractivity contribution in [2.45, 2.75) is 26.7 Å². The van der Waals surface area contributed by atoms with Gasteiger partial charge in [-0.15, -0.1) is 0 Å². The molecule has 0 amide bonds. The number of hydrogen-bond acceptors (Lipinski definition) is 5. The zero-order valence-electron chi connectivity index (χ0n) is 8.91. The summed E-state index contributed by atoms with van der Waals surface area (Å²) in [6.45, 7) is 4.15. The predicted octanol–water partition coefficient (Wildman–Crippen LogP) is 0.501. The largest absolute Gasteiger partial charge is 0.466 e. The number of aliphatic hydroxyl groups is 1. The molecule has 0 fully saturated rings. The third-order valence-corrected chi connectivity index (χ3v) is 1.14. The van der Waals surface area contributed by atoms with Crippen LogP contribution < -0.4 is 0 Å². The molecule has 0 atom stereocenters. The average Bonchev–Trinajstić information content (AvgIpc) is 2.19. The number of hydrogen-bond donors (Lipinski definition) is 1. The maximum Gasteiger partial charge on any atom is 0.306 e. The normalized spacial score (nSPS) is 8.29. The van der Waals surface area contributed by atoms with Gasteiger partial charge in [-0.25, -0.2) is 0 Å². The van der Waals surface area contributed by atoms with Crippen molar-refractivity contribution < 1.29 is 24.2 Å². The summed E-state index contributed by atoms with van der Waals surface area (Å²) < 4.78 is 9.25. The van der Waals surface area contributed by atoms with E-state index in [1.54, 1.807) is 13.8 Å². The Morgan fingerprint density at radius 1 is 0.929 bits per heavy atom. The lowest BCUT2D eigenvalue weighted by Gasteiger charge is -2.01. The summed E-state index contributed by atoms with van der Waals surface area (Å²) in [5.74, 6) is -0.712. The number of ether oxygens (including phenoxy) is 2. The fourth-order valence-electron chi connectivity index (χ4n) is 0.670. The van der Waals surface area contributed by atoms with E-state index < -0.39 is 0 Å². The molecular weight excluding hydrogens is 188 g/mol. The molecule has 14 heavy (non-hydrogen) atoms. The third kappa shape index (κ3) is 10.9. The summed E-state index contributed by atoms with van der Waals surface area (Å²) >= 11 is 0. The maximum atomic E-state index is 10.7. The smallest absolute Gasteiger partial charge is 0.306 e. The highest BCUT2D eigenvalue weighted by molar-refractivity contribution is 5.77. The molecule has 5 nitrogen and oxygen atoms in total. The van der Waals surface area contributed by atoms with Crippen LogP contribution in [0.3, 0.4) is 0 Å². The van der Waals surface area contributed by atoms with Crippen molar-refractivity contribution in [1.82, 2.24) is 0 Å². The van der Waals surface area contributed by atoms with Gasteiger partial charge >= 0.3 is 11.9 Å². The molecule has 1 N–H and O–H groups in total. The molecule has 0 aliphatic carbocycles. The van der Waals surface area contributed by atoms with E-state index in [2.05, 4.69) is 9.47 Å². The molecule has 0 spiro atoms. The van der Waals surface area contributed by atoms with Crippen LogP contribution in [0.25, 0.3) is 0 Å². The molecule has 0 heterocycles. The van der Waals surface area contributed by atoms with Gasteiger partial charge in [0, 0.05) is 7.11 Å². The van der Waals surface area contributed by atoms with Gasteiger partial charge < -0.3 is 14.6 Å². The van der Waals surface area contributed by atoms with Crippen LogP contribution in [0, 0.1) is 0 Å². The highest BCUT2D eigenvalue weighted by atomic mass is 16.5. The molecule has 0 unspecified atom stereocenters. The van der Waals surface area contributed by atoms with Gasteiger partial charge in [-0.2, -0.15) is 0 Å². The Hall–Kier alpha value is -1.10. The first-order valence-electron chi connectivity index (χ1n) is 4.46. The van der Waals surface area contributed by atoms with Crippen molar-refractivity contribution in [1.29, 1.82) is 0 Å². The molecule has 0 aromatic carbocycles. The molecule has 0 saturated carbocycles.